The van der Waals surface area contributed by atoms with Gasteiger partial charge in [-0.1, -0.05) is 47.8 Å². The molecule has 3 fully saturated rings. The molecule has 2 aromatic carbocycles. The molecule has 4 atom stereocenters. The lowest BCUT2D eigenvalue weighted by Gasteiger charge is -2.30. The van der Waals surface area contributed by atoms with E-state index in [2.05, 4.69) is 10.6 Å². The molecule has 2 aliphatic heterocycles. The van der Waals surface area contributed by atoms with Crippen LogP contribution in [0.1, 0.15) is 36.8 Å². The molecule has 8 nitrogen and oxygen atoms in total. The molecule has 4 amide bonds. The van der Waals surface area contributed by atoms with Gasteiger partial charge in [-0.2, -0.15) is 0 Å². The quantitative estimate of drug-likeness (QED) is 0.526. The number of carbonyl (C=O) groups is 4. The topological polar surface area (TPSA) is 111 Å². The van der Waals surface area contributed by atoms with Crippen LogP contribution in [0.2, 0.25) is 0 Å². The van der Waals surface area contributed by atoms with Crippen molar-refractivity contribution in [2.75, 3.05) is 0 Å². The number of carbonyl (C=O) groups excluding carboxylic acids is 4. The Morgan fingerprint density at radius 2 is 1.08 bits per heavy atom. The Labute approximate surface area is 217 Å². The maximum absolute atomic E-state index is 11.8. The van der Waals surface area contributed by atoms with Gasteiger partial charge in [0, 0.05) is 6.42 Å². The molecule has 0 bridgehead atoms. The zero-order valence-corrected chi connectivity index (χ0v) is 21.1. The third-order valence-corrected chi connectivity index (χ3v) is 8.37. The Morgan fingerprint density at radius 1 is 0.667 bits per heavy atom. The molecule has 0 spiro atoms. The summed E-state index contributed by atoms with van der Waals surface area (Å²) in [6.07, 6.45) is 4.83. The summed E-state index contributed by atoms with van der Waals surface area (Å²) < 4.78 is 12.4. The SMILES string of the molecule is O=C1NC(=O)C(Cc2ccc(OC3CCCC(Oc4ccc(CC5SC(=O)NC5=O)cc4)C3)cc2)S1. The molecule has 3 aliphatic rings. The fourth-order valence-electron chi connectivity index (χ4n) is 4.59. The van der Waals surface area contributed by atoms with Crippen LogP contribution in [0.4, 0.5) is 9.59 Å². The normalized spacial score (nSPS) is 26.0. The van der Waals surface area contributed by atoms with E-state index >= 15 is 0 Å². The summed E-state index contributed by atoms with van der Waals surface area (Å²) in [6.45, 7) is 0. The Morgan fingerprint density at radius 3 is 1.44 bits per heavy atom. The fourth-order valence-corrected chi connectivity index (χ4v) is 6.31. The van der Waals surface area contributed by atoms with Crippen LogP contribution in [0.5, 0.6) is 11.5 Å². The van der Waals surface area contributed by atoms with Crippen LogP contribution in [0.15, 0.2) is 48.5 Å². The third kappa shape index (κ3) is 6.22. The van der Waals surface area contributed by atoms with Crippen molar-refractivity contribution < 1.29 is 28.7 Å². The first-order valence-electron chi connectivity index (χ1n) is 12.0. The van der Waals surface area contributed by atoms with Crippen molar-refractivity contribution in [1.29, 1.82) is 0 Å². The van der Waals surface area contributed by atoms with Gasteiger partial charge in [-0.25, -0.2) is 0 Å². The number of rotatable bonds is 8. The van der Waals surface area contributed by atoms with Crippen LogP contribution in [-0.4, -0.2) is 45.0 Å². The summed E-state index contributed by atoms with van der Waals surface area (Å²) in [5, 5.41) is 3.31. The Kier molecular flexibility index (Phi) is 7.52. The van der Waals surface area contributed by atoms with E-state index < -0.39 is 0 Å². The Hall–Kier alpha value is -2.98. The average Bonchev–Trinajstić information content (AvgIpc) is 3.34. The highest BCUT2D eigenvalue weighted by Gasteiger charge is 2.32. The number of nitrogens with one attached hydrogen (secondary N) is 2. The monoisotopic (exact) mass is 526 g/mol. The summed E-state index contributed by atoms with van der Waals surface area (Å²) >= 11 is 2.07. The van der Waals surface area contributed by atoms with Crippen LogP contribution < -0.4 is 20.1 Å². The maximum atomic E-state index is 11.8. The Balaban J connectivity index is 1.10. The second-order valence-electron chi connectivity index (χ2n) is 9.11. The highest BCUT2D eigenvalue weighted by Crippen LogP contribution is 2.29. The first-order chi connectivity index (χ1) is 17.4. The molecule has 4 unspecified atom stereocenters. The summed E-state index contributed by atoms with van der Waals surface area (Å²) in [7, 11) is 0. The minimum atomic E-state index is -0.375. The molecule has 188 valence electrons. The molecule has 0 aromatic heterocycles. The number of benzene rings is 2. The van der Waals surface area contributed by atoms with Gasteiger partial charge >= 0.3 is 0 Å². The van der Waals surface area contributed by atoms with Crippen LogP contribution in [0.25, 0.3) is 0 Å². The predicted molar refractivity (Wildman–Crippen MR) is 137 cm³/mol. The summed E-state index contributed by atoms with van der Waals surface area (Å²) in [5.74, 6) is 1.09. The van der Waals surface area contributed by atoms with Crippen molar-refractivity contribution in [3.05, 3.63) is 59.7 Å². The summed E-state index contributed by atoms with van der Waals surface area (Å²) in [4.78, 5) is 46.2. The van der Waals surface area contributed by atoms with E-state index in [1.807, 2.05) is 48.5 Å². The highest BCUT2D eigenvalue weighted by molar-refractivity contribution is 8.15. The lowest BCUT2D eigenvalue weighted by molar-refractivity contribution is -0.119. The number of thioether (sulfide) groups is 2. The van der Waals surface area contributed by atoms with Gasteiger partial charge in [0.05, 0.1) is 10.5 Å². The number of hydrogen-bond donors (Lipinski definition) is 2. The van der Waals surface area contributed by atoms with Gasteiger partial charge in [-0.15, -0.1) is 0 Å². The largest absolute Gasteiger partial charge is 0.490 e. The van der Waals surface area contributed by atoms with Gasteiger partial charge in [0.1, 0.15) is 23.7 Å². The molecule has 1 saturated carbocycles. The summed E-state index contributed by atoms with van der Waals surface area (Å²) in [5.41, 5.74) is 1.97. The standard InChI is InChI=1S/C26H26N2O6S2/c29-23-21(35-25(31)27-23)12-15-4-8-17(9-5-15)33-19-2-1-3-20(14-19)34-18-10-6-16(7-11-18)13-22-24(30)28-26(32)36-22/h4-11,19-22H,1-3,12-14H2,(H,27,29,31)(H,28,30,32). The molecule has 5 rings (SSSR count). The molecule has 2 saturated heterocycles. The van der Waals surface area contributed by atoms with Crippen molar-refractivity contribution in [1.82, 2.24) is 10.6 Å². The van der Waals surface area contributed by atoms with Crippen molar-refractivity contribution in [2.24, 2.45) is 0 Å². The molecule has 2 N–H and O–H groups in total. The van der Waals surface area contributed by atoms with Crippen molar-refractivity contribution in [2.45, 2.75) is 61.2 Å². The number of amides is 4. The third-order valence-electron chi connectivity index (χ3n) is 6.41. The van der Waals surface area contributed by atoms with E-state index in [1.165, 1.54) is 0 Å². The van der Waals surface area contributed by atoms with Gasteiger partial charge in [-0.3, -0.25) is 29.8 Å². The molecular weight excluding hydrogens is 500 g/mol. The molecule has 10 heteroatoms. The maximum Gasteiger partial charge on any atom is 0.286 e. The van der Waals surface area contributed by atoms with E-state index in [0.29, 0.717) is 12.8 Å². The first-order valence-corrected chi connectivity index (χ1v) is 13.7. The summed E-state index contributed by atoms with van der Waals surface area (Å²) in [6, 6.07) is 15.4. The Bertz CT molecular complexity index is 1060. The fraction of sp³-hybridized carbons (Fsp3) is 0.385. The van der Waals surface area contributed by atoms with Crippen molar-refractivity contribution >= 4 is 45.8 Å². The predicted octanol–water partition coefficient (Wildman–Crippen LogP) is 4.24. The van der Waals surface area contributed by atoms with Gasteiger partial charge in [0.2, 0.25) is 11.8 Å². The van der Waals surface area contributed by atoms with E-state index in [0.717, 1.165) is 71.8 Å². The molecular formula is C26H26N2O6S2. The van der Waals surface area contributed by atoms with E-state index in [9.17, 15) is 19.2 Å². The lowest BCUT2D eigenvalue weighted by atomic mass is 9.94. The zero-order chi connectivity index (χ0) is 25.1. The number of hydrogen-bond acceptors (Lipinski definition) is 8. The molecule has 36 heavy (non-hydrogen) atoms. The minimum absolute atomic E-state index is 0.0538. The van der Waals surface area contributed by atoms with Crippen LogP contribution in [0.3, 0.4) is 0 Å². The molecule has 1 aliphatic carbocycles. The number of ether oxygens (including phenoxy) is 2. The lowest BCUT2D eigenvalue weighted by Crippen LogP contribution is -2.32. The van der Waals surface area contributed by atoms with Crippen molar-refractivity contribution in [3.63, 3.8) is 0 Å². The molecule has 2 heterocycles. The van der Waals surface area contributed by atoms with Gasteiger partial charge in [0.15, 0.2) is 0 Å². The smallest absolute Gasteiger partial charge is 0.286 e. The second-order valence-corrected chi connectivity index (χ2v) is 11.5. The van der Waals surface area contributed by atoms with Gasteiger partial charge < -0.3 is 9.47 Å². The zero-order valence-electron chi connectivity index (χ0n) is 19.4. The number of imide groups is 2. The van der Waals surface area contributed by atoms with E-state index in [-0.39, 0.29) is 45.0 Å². The van der Waals surface area contributed by atoms with E-state index in [4.69, 9.17) is 9.47 Å². The average molecular weight is 527 g/mol. The second kappa shape index (κ2) is 11.0. The minimum Gasteiger partial charge on any atom is -0.490 e. The van der Waals surface area contributed by atoms with Gasteiger partial charge in [0.25, 0.3) is 10.5 Å². The first kappa shape index (κ1) is 24.7. The van der Waals surface area contributed by atoms with Crippen LogP contribution in [0, 0.1) is 0 Å². The van der Waals surface area contributed by atoms with Crippen molar-refractivity contribution in [3.8, 4) is 11.5 Å². The highest BCUT2D eigenvalue weighted by atomic mass is 32.2. The molecule has 0 radical (unpaired) electrons. The molecule has 2 aromatic rings. The van der Waals surface area contributed by atoms with Crippen LogP contribution >= 0.6 is 23.5 Å². The van der Waals surface area contributed by atoms with E-state index in [1.54, 1.807) is 0 Å². The van der Waals surface area contributed by atoms with Crippen LogP contribution in [-0.2, 0) is 22.4 Å². The van der Waals surface area contributed by atoms with Gasteiger partial charge in [-0.05, 0) is 67.5 Å².